The van der Waals surface area contributed by atoms with Crippen LogP contribution in [0.5, 0.6) is 11.5 Å². The first-order valence-corrected chi connectivity index (χ1v) is 14.4. The molecule has 0 saturated heterocycles. The zero-order valence-corrected chi connectivity index (χ0v) is 24.7. The molecule has 0 N–H and O–H groups in total. The highest BCUT2D eigenvalue weighted by Gasteiger charge is 2.52. The van der Waals surface area contributed by atoms with Crippen molar-refractivity contribution in [2.75, 3.05) is 38.0 Å². The number of anilines is 2. The van der Waals surface area contributed by atoms with Gasteiger partial charge in [-0.2, -0.15) is 5.26 Å². The Labute approximate surface area is 253 Å². The first-order chi connectivity index (χ1) is 20.9. The quantitative estimate of drug-likeness (QED) is 0.228. The first kappa shape index (κ1) is 26.5. The second-order valence-electron chi connectivity index (χ2n) is 11.7. The molecule has 2 aliphatic rings. The van der Waals surface area contributed by atoms with Crippen LogP contribution in [0.3, 0.4) is 0 Å². The molecule has 0 amide bonds. The molecule has 0 fully saturated rings. The van der Waals surface area contributed by atoms with Crippen LogP contribution < -0.4 is 30.9 Å². The molecule has 0 radical (unpaired) electrons. The lowest BCUT2D eigenvalue weighted by atomic mass is 9.30. The Balaban J connectivity index is 1.69. The van der Waals surface area contributed by atoms with Crippen LogP contribution in [-0.2, 0) is 5.41 Å². The zero-order valence-electron chi connectivity index (χ0n) is 24.7. The van der Waals surface area contributed by atoms with Gasteiger partial charge in [0.2, 0.25) is 6.71 Å². The molecule has 0 aromatic heterocycles. The van der Waals surface area contributed by atoms with Gasteiger partial charge in [0.1, 0.15) is 11.5 Å². The molecule has 5 aromatic rings. The minimum absolute atomic E-state index is 0.0340. The van der Waals surface area contributed by atoms with E-state index in [1.54, 1.807) is 0 Å². The summed E-state index contributed by atoms with van der Waals surface area (Å²) in [5.41, 5.74) is 10.5. The van der Waals surface area contributed by atoms with Crippen LogP contribution in [0.4, 0.5) is 11.4 Å². The Morgan fingerprint density at radius 3 is 1.70 bits per heavy atom. The third-order valence-corrected chi connectivity index (χ3v) is 8.96. The lowest BCUT2D eigenvalue weighted by molar-refractivity contribution is 0.435. The molecule has 7 rings (SSSR count). The van der Waals surface area contributed by atoms with E-state index in [9.17, 15) is 5.26 Å². The summed E-state index contributed by atoms with van der Waals surface area (Å²) in [6.07, 6.45) is 6.05. The topological polar surface area (TPSA) is 39.5 Å². The van der Waals surface area contributed by atoms with Gasteiger partial charge in [0, 0.05) is 68.4 Å². The number of ether oxygens (including phenoxy) is 1. The van der Waals surface area contributed by atoms with Crippen molar-refractivity contribution >= 4 is 34.5 Å². The van der Waals surface area contributed by atoms with Crippen molar-refractivity contribution in [1.29, 1.82) is 5.26 Å². The van der Waals surface area contributed by atoms with Gasteiger partial charge in [0.05, 0.1) is 17.0 Å². The molecule has 0 atom stereocenters. The monoisotopic (exact) mass is 555 g/mol. The fourth-order valence-electron chi connectivity index (χ4n) is 6.95. The average Bonchev–Trinajstić information content (AvgIpc) is 3.04. The highest BCUT2D eigenvalue weighted by atomic mass is 16.5. The van der Waals surface area contributed by atoms with E-state index in [1.807, 2.05) is 46.4 Å². The predicted molar refractivity (Wildman–Crippen MR) is 177 cm³/mol. The third kappa shape index (κ3) is 3.86. The normalized spacial score (nSPS) is 13.4. The van der Waals surface area contributed by atoms with Gasteiger partial charge in [0.25, 0.3) is 0 Å². The molecule has 0 aliphatic carbocycles. The van der Waals surface area contributed by atoms with E-state index in [1.165, 1.54) is 16.4 Å². The van der Waals surface area contributed by atoms with Crippen molar-refractivity contribution in [3.05, 3.63) is 137 Å². The number of nitrogens with zero attached hydrogens (tertiary/aromatic N) is 3. The number of terminal acetylenes is 1. The molecule has 206 valence electrons. The maximum Gasteiger partial charge on any atom is 0.242 e. The number of fused-ring (bicyclic) bond motifs is 8. The van der Waals surface area contributed by atoms with E-state index in [4.69, 9.17) is 11.2 Å². The summed E-state index contributed by atoms with van der Waals surface area (Å²) in [6, 6.07) is 38.5. The predicted octanol–water partition coefficient (Wildman–Crippen LogP) is 4.99. The second kappa shape index (κ2) is 9.86. The highest BCUT2D eigenvalue weighted by molar-refractivity contribution is 6.96. The lowest BCUT2D eigenvalue weighted by Crippen LogP contribution is -2.62. The zero-order chi connectivity index (χ0) is 29.9. The average molecular weight is 555 g/mol. The fourth-order valence-corrected chi connectivity index (χ4v) is 6.95. The van der Waals surface area contributed by atoms with Crippen LogP contribution >= 0.6 is 0 Å². The van der Waals surface area contributed by atoms with Crippen LogP contribution in [-0.4, -0.2) is 34.9 Å². The van der Waals surface area contributed by atoms with Crippen LogP contribution in [0, 0.1) is 23.7 Å². The number of nitriles is 1. The molecule has 4 nitrogen and oxygen atoms in total. The number of benzene rings is 5. The SMILES string of the molecule is C#Cc1ccc2c(c1)C1(c3ccc(N(C)C)cc3Oc3cc(N(C)C)ccc31)c1cc(C#N)ccc1B2c1ccccc1. The molecule has 0 bridgehead atoms. The van der Waals surface area contributed by atoms with E-state index < -0.39 is 5.41 Å². The highest BCUT2D eigenvalue weighted by Crippen LogP contribution is 2.56. The first-order valence-electron chi connectivity index (χ1n) is 14.4. The van der Waals surface area contributed by atoms with Gasteiger partial charge < -0.3 is 14.5 Å². The Kier molecular flexibility index (Phi) is 6.08. The van der Waals surface area contributed by atoms with E-state index in [2.05, 4.69) is 107 Å². The summed E-state index contributed by atoms with van der Waals surface area (Å²) in [4.78, 5) is 4.17. The van der Waals surface area contributed by atoms with E-state index in [0.717, 1.165) is 50.7 Å². The fraction of sp³-hybridized carbons (Fsp3) is 0.132. The smallest absolute Gasteiger partial charge is 0.242 e. The van der Waals surface area contributed by atoms with Crippen molar-refractivity contribution < 1.29 is 4.74 Å². The van der Waals surface area contributed by atoms with Gasteiger partial charge in [0.15, 0.2) is 0 Å². The summed E-state index contributed by atoms with van der Waals surface area (Å²) in [6.45, 7) is -0.0340. The molecule has 1 spiro atoms. The molecular weight excluding hydrogens is 525 g/mol. The summed E-state index contributed by atoms with van der Waals surface area (Å²) < 4.78 is 6.78. The lowest BCUT2D eigenvalue weighted by Gasteiger charge is -2.47. The van der Waals surface area contributed by atoms with Crippen LogP contribution in [0.15, 0.2) is 103 Å². The third-order valence-electron chi connectivity index (χ3n) is 8.96. The number of hydrogen-bond acceptors (Lipinski definition) is 4. The van der Waals surface area contributed by atoms with E-state index in [0.29, 0.717) is 5.56 Å². The van der Waals surface area contributed by atoms with Gasteiger partial charge in [-0.3, -0.25) is 0 Å². The van der Waals surface area contributed by atoms with Crippen LogP contribution in [0.1, 0.15) is 33.4 Å². The number of hydrogen-bond donors (Lipinski definition) is 0. The standard InChI is InChI=1S/C38H30BN3O/c1-6-25-12-18-34-32(20-25)38(33-21-26(24-40)13-19-35(33)39(34)27-10-8-7-9-11-27)30-16-14-28(41(2)3)22-36(30)43-37-23-29(42(4)5)15-17-31(37)38/h1,7-23H,2-5H3. The largest absolute Gasteiger partial charge is 0.457 e. The van der Waals surface area contributed by atoms with Crippen molar-refractivity contribution in [3.8, 4) is 29.9 Å². The Morgan fingerprint density at radius 2 is 1.19 bits per heavy atom. The summed E-state index contributed by atoms with van der Waals surface area (Å²) in [5, 5.41) is 10.2. The maximum absolute atomic E-state index is 10.2. The summed E-state index contributed by atoms with van der Waals surface area (Å²) in [7, 11) is 8.14. The minimum Gasteiger partial charge on any atom is -0.457 e. The number of rotatable bonds is 3. The molecule has 0 saturated carbocycles. The van der Waals surface area contributed by atoms with Gasteiger partial charge >= 0.3 is 0 Å². The van der Waals surface area contributed by atoms with Crippen LogP contribution in [0.2, 0.25) is 0 Å². The van der Waals surface area contributed by atoms with E-state index in [-0.39, 0.29) is 6.71 Å². The van der Waals surface area contributed by atoms with Gasteiger partial charge in [-0.15, -0.1) is 6.42 Å². The maximum atomic E-state index is 10.2. The van der Waals surface area contributed by atoms with Crippen molar-refractivity contribution in [2.24, 2.45) is 0 Å². The van der Waals surface area contributed by atoms with Gasteiger partial charge in [-0.25, -0.2) is 0 Å². The molecule has 43 heavy (non-hydrogen) atoms. The molecular formula is C38H30BN3O. The van der Waals surface area contributed by atoms with Crippen molar-refractivity contribution in [3.63, 3.8) is 0 Å². The summed E-state index contributed by atoms with van der Waals surface area (Å²) in [5.74, 6) is 4.48. The van der Waals surface area contributed by atoms with Gasteiger partial charge in [-0.05, 0) is 47.5 Å². The molecule has 2 heterocycles. The Morgan fingerprint density at radius 1 is 0.651 bits per heavy atom. The van der Waals surface area contributed by atoms with Crippen LogP contribution in [0.25, 0.3) is 0 Å². The van der Waals surface area contributed by atoms with Gasteiger partial charge in [-0.1, -0.05) is 76.9 Å². The second-order valence-corrected chi connectivity index (χ2v) is 11.7. The summed E-state index contributed by atoms with van der Waals surface area (Å²) >= 11 is 0. The van der Waals surface area contributed by atoms with E-state index >= 15 is 0 Å². The molecule has 5 heteroatoms. The Bertz CT molecular complexity index is 1870. The Hall–Kier alpha value is -5.39. The minimum atomic E-state index is -0.770. The molecule has 2 aliphatic heterocycles. The molecule has 0 unspecified atom stereocenters. The van der Waals surface area contributed by atoms with Crippen molar-refractivity contribution in [1.82, 2.24) is 0 Å². The molecule has 5 aromatic carbocycles. The van der Waals surface area contributed by atoms with Crippen molar-refractivity contribution in [2.45, 2.75) is 5.41 Å².